The van der Waals surface area contributed by atoms with Crippen molar-refractivity contribution in [1.82, 2.24) is 0 Å². The summed E-state index contributed by atoms with van der Waals surface area (Å²) in [5.41, 5.74) is 10.5. The number of nitrogens with one attached hydrogen (secondary N) is 1. The van der Waals surface area contributed by atoms with Crippen molar-refractivity contribution in [3.8, 4) is 0 Å². The van der Waals surface area contributed by atoms with E-state index in [2.05, 4.69) is 10.3 Å². The molecule has 0 aliphatic carbocycles. The molecule has 5 heteroatoms. The van der Waals surface area contributed by atoms with Gasteiger partial charge in [0.15, 0.2) is 6.17 Å². The Labute approximate surface area is 128 Å². The lowest BCUT2D eigenvalue weighted by molar-refractivity contribution is -0.119. The molecule has 22 heavy (non-hydrogen) atoms. The molecule has 4 rings (SSSR count). The molecule has 2 heterocycles. The van der Waals surface area contributed by atoms with Crippen LogP contribution in [0.15, 0.2) is 53.5 Å². The van der Waals surface area contributed by atoms with E-state index < -0.39 is 6.17 Å². The van der Waals surface area contributed by atoms with Crippen LogP contribution in [-0.4, -0.2) is 30.9 Å². The first-order valence-corrected chi connectivity index (χ1v) is 7.33. The highest BCUT2D eigenvalue weighted by atomic mass is 16.2. The quantitative estimate of drug-likeness (QED) is 0.838. The summed E-state index contributed by atoms with van der Waals surface area (Å²) in [5, 5.41) is 3.35. The Morgan fingerprint density at radius 1 is 1.14 bits per heavy atom. The molecule has 3 N–H and O–H groups in total. The van der Waals surface area contributed by atoms with Crippen molar-refractivity contribution in [3.63, 3.8) is 0 Å². The maximum atomic E-state index is 12.6. The predicted octanol–water partition coefficient (Wildman–Crippen LogP) is 1.58. The number of anilines is 2. The summed E-state index contributed by atoms with van der Waals surface area (Å²) in [4.78, 5) is 18.8. The molecule has 2 aliphatic heterocycles. The van der Waals surface area contributed by atoms with Gasteiger partial charge in [-0.15, -0.1) is 0 Å². The minimum atomic E-state index is -0.867. The van der Waals surface area contributed by atoms with Crippen LogP contribution in [0.3, 0.4) is 0 Å². The Morgan fingerprint density at radius 2 is 1.95 bits per heavy atom. The molecule has 0 bridgehead atoms. The van der Waals surface area contributed by atoms with Gasteiger partial charge in [0.05, 0.1) is 17.1 Å². The molecule has 2 aromatic rings. The Hall–Kier alpha value is -2.66. The lowest BCUT2D eigenvalue weighted by atomic mass is 9.98. The summed E-state index contributed by atoms with van der Waals surface area (Å²) >= 11 is 0. The van der Waals surface area contributed by atoms with Crippen molar-refractivity contribution in [2.75, 3.05) is 23.3 Å². The molecule has 5 nitrogen and oxygen atoms in total. The highest BCUT2D eigenvalue weighted by Crippen LogP contribution is 2.36. The van der Waals surface area contributed by atoms with Gasteiger partial charge >= 0.3 is 0 Å². The van der Waals surface area contributed by atoms with Crippen LogP contribution in [0.25, 0.3) is 0 Å². The first-order valence-electron chi connectivity index (χ1n) is 7.33. The fraction of sp³-hybridized carbons (Fsp3) is 0.176. The van der Waals surface area contributed by atoms with Crippen LogP contribution in [0.5, 0.6) is 0 Å². The van der Waals surface area contributed by atoms with E-state index in [1.165, 1.54) is 0 Å². The average Bonchev–Trinajstić information content (AvgIpc) is 2.68. The molecule has 110 valence electrons. The van der Waals surface area contributed by atoms with E-state index in [0.717, 1.165) is 34.8 Å². The zero-order valence-corrected chi connectivity index (χ0v) is 12.0. The van der Waals surface area contributed by atoms with Gasteiger partial charge in [0, 0.05) is 24.2 Å². The second-order valence-electron chi connectivity index (χ2n) is 5.41. The summed E-state index contributed by atoms with van der Waals surface area (Å²) in [6.07, 6.45) is -0.867. The van der Waals surface area contributed by atoms with Gasteiger partial charge in [-0.25, -0.2) is 0 Å². The van der Waals surface area contributed by atoms with E-state index in [1.807, 2.05) is 48.5 Å². The van der Waals surface area contributed by atoms with Gasteiger partial charge in [-0.1, -0.05) is 42.5 Å². The molecule has 0 spiro atoms. The molecule has 1 atom stereocenters. The van der Waals surface area contributed by atoms with Gasteiger partial charge in [-0.3, -0.25) is 9.79 Å². The van der Waals surface area contributed by atoms with E-state index in [9.17, 15) is 4.79 Å². The van der Waals surface area contributed by atoms with Crippen LogP contribution in [0.1, 0.15) is 11.1 Å². The van der Waals surface area contributed by atoms with Gasteiger partial charge in [0.2, 0.25) is 0 Å². The normalized spacial score (nSPS) is 19.9. The summed E-state index contributed by atoms with van der Waals surface area (Å²) in [6.45, 7) is 1.32. The average molecular weight is 292 g/mol. The molecule has 2 aliphatic rings. The number of hydrogen-bond acceptors (Lipinski definition) is 4. The van der Waals surface area contributed by atoms with Crippen molar-refractivity contribution in [1.29, 1.82) is 0 Å². The van der Waals surface area contributed by atoms with Gasteiger partial charge < -0.3 is 16.0 Å². The van der Waals surface area contributed by atoms with E-state index in [0.29, 0.717) is 6.54 Å². The fourth-order valence-electron chi connectivity index (χ4n) is 3.05. The maximum absolute atomic E-state index is 12.6. The standard InChI is InChI=1S/C17H16N4O/c18-16-17(22)21-10-9-19-13-8-4-7-12(15(13)21)14(20-16)11-5-2-1-3-6-11/h1-8,16,19H,9-10,18H2. The molecular weight excluding hydrogens is 276 g/mol. The number of nitrogens with two attached hydrogens (primary N) is 1. The molecule has 0 fully saturated rings. The Bertz CT molecular complexity index is 769. The Balaban J connectivity index is 1.99. The predicted molar refractivity (Wildman–Crippen MR) is 87.3 cm³/mol. The molecule has 2 aromatic carbocycles. The number of carbonyl (C=O) groups is 1. The van der Waals surface area contributed by atoms with Crippen LogP contribution in [0, 0.1) is 0 Å². The third-order valence-electron chi connectivity index (χ3n) is 4.05. The summed E-state index contributed by atoms with van der Waals surface area (Å²) < 4.78 is 0. The number of para-hydroxylation sites is 1. The highest BCUT2D eigenvalue weighted by molar-refractivity contribution is 6.21. The number of aliphatic imine (C=N–C) groups is 1. The number of carbonyl (C=O) groups excluding carboxylic acids is 1. The lowest BCUT2D eigenvalue weighted by Crippen LogP contribution is -2.46. The third-order valence-corrected chi connectivity index (χ3v) is 4.05. The second-order valence-corrected chi connectivity index (χ2v) is 5.41. The molecule has 0 saturated carbocycles. The third kappa shape index (κ3) is 1.90. The van der Waals surface area contributed by atoms with Crippen molar-refractivity contribution < 1.29 is 4.79 Å². The maximum Gasteiger partial charge on any atom is 0.266 e. The summed E-state index contributed by atoms with van der Waals surface area (Å²) in [5.74, 6) is -0.152. The van der Waals surface area contributed by atoms with Gasteiger partial charge in [-0.2, -0.15) is 0 Å². The van der Waals surface area contributed by atoms with Crippen LogP contribution >= 0.6 is 0 Å². The minimum absolute atomic E-state index is 0.152. The van der Waals surface area contributed by atoms with Gasteiger partial charge in [0.25, 0.3) is 5.91 Å². The molecule has 0 aromatic heterocycles. The number of rotatable bonds is 1. The van der Waals surface area contributed by atoms with Crippen LogP contribution in [-0.2, 0) is 4.79 Å². The molecular formula is C17H16N4O. The van der Waals surface area contributed by atoms with E-state index in [-0.39, 0.29) is 5.91 Å². The van der Waals surface area contributed by atoms with Crippen LogP contribution in [0.2, 0.25) is 0 Å². The summed E-state index contributed by atoms with van der Waals surface area (Å²) in [6, 6.07) is 15.8. The van der Waals surface area contributed by atoms with E-state index in [4.69, 9.17) is 5.73 Å². The van der Waals surface area contributed by atoms with Crippen LogP contribution in [0.4, 0.5) is 11.4 Å². The Morgan fingerprint density at radius 3 is 2.77 bits per heavy atom. The summed E-state index contributed by atoms with van der Waals surface area (Å²) in [7, 11) is 0. The highest BCUT2D eigenvalue weighted by Gasteiger charge is 2.33. The molecule has 0 saturated heterocycles. The van der Waals surface area contributed by atoms with Crippen molar-refractivity contribution in [2.45, 2.75) is 6.17 Å². The smallest absolute Gasteiger partial charge is 0.266 e. The largest absolute Gasteiger partial charge is 0.382 e. The number of amides is 1. The Kier molecular flexibility index (Phi) is 2.94. The van der Waals surface area contributed by atoms with Crippen LogP contribution < -0.4 is 16.0 Å². The number of hydrogen-bond donors (Lipinski definition) is 2. The fourth-order valence-corrected chi connectivity index (χ4v) is 3.05. The lowest BCUT2D eigenvalue weighted by Gasteiger charge is -2.31. The number of benzene rings is 2. The monoisotopic (exact) mass is 292 g/mol. The minimum Gasteiger partial charge on any atom is -0.382 e. The van der Waals surface area contributed by atoms with Crippen molar-refractivity contribution >= 4 is 23.0 Å². The second kappa shape index (κ2) is 4.96. The topological polar surface area (TPSA) is 70.7 Å². The van der Waals surface area contributed by atoms with Gasteiger partial charge in [-0.05, 0) is 6.07 Å². The zero-order valence-electron chi connectivity index (χ0n) is 12.0. The van der Waals surface area contributed by atoms with Crippen molar-refractivity contribution in [3.05, 3.63) is 59.7 Å². The van der Waals surface area contributed by atoms with E-state index >= 15 is 0 Å². The zero-order chi connectivity index (χ0) is 15.1. The SMILES string of the molecule is NC1N=C(c2ccccc2)c2cccc3c2N(CCN3)C1=O. The van der Waals surface area contributed by atoms with Crippen molar-refractivity contribution in [2.24, 2.45) is 10.7 Å². The number of nitrogens with zero attached hydrogens (tertiary/aromatic N) is 2. The van der Waals surface area contributed by atoms with E-state index in [1.54, 1.807) is 4.90 Å². The first kappa shape index (κ1) is 13.0. The molecule has 1 unspecified atom stereocenters. The first-order chi connectivity index (χ1) is 10.8. The molecule has 0 radical (unpaired) electrons. The molecule has 1 amide bonds. The van der Waals surface area contributed by atoms with Gasteiger partial charge in [0.1, 0.15) is 0 Å².